The summed E-state index contributed by atoms with van der Waals surface area (Å²) >= 11 is 0. The van der Waals surface area contributed by atoms with Gasteiger partial charge >= 0.3 is 5.97 Å². The van der Waals surface area contributed by atoms with Crippen LogP contribution in [0.4, 0.5) is 5.69 Å². The van der Waals surface area contributed by atoms with Gasteiger partial charge in [-0.15, -0.1) is 0 Å². The minimum absolute atomic E-state index is 0.0647. The van der Waals surface area contributed by atoms with E-state index in [0.717, 1.165) is 16.9 Å². The first-order chi connectivity index (χ1) is 16.4. The molecule has 34 heavy (non-hydrogen) atoms. The van der Waals surface area contributed by atoms with Crippen molar-refractivity contribution in [2.45, 2.75) is 33.2 Å². The van der Waals surface area contributed by atoms with E-state index in [0.29, 0.717) is 43.0 Å². The van der Waals surface area contributed by atoms with E-state index in [1.807, 2.05) is 43.3 Å². The van der Waals surface area contributed by atoms with Gasteiger partial charge in [-0.25, -0.2) is 0 Å². The summed E-state index contributed by atoms with van der Waals surface area (Å²) in [6, 6.07) is 21.4. The van der Waals surface area contributed by atoms with Crippen molar-refractivity contribution < 1.29 is 23.9 Å². The molecular formula is C27H28N2O5. The molecule has 0 saturated heterocycles. The maximum Gasteiger partial charge on any atom is 0.308 e. The molecule has 0 fully saturated rings. The number of anilines is 1. The van der Waals surface area contributed by atoms with Gasteiger partial charge in [-0.05, 0) is 60.9 Å². The van der Waals surface area contributed by atoms with E-state index in [1.54, 1.807) is 30.3 Å². The summed E-state index contributed by atoms with van der Waals surface area (Å²) in [5.41, 5.74) is 2.89. The number of rotatable bonds is 10. The molecule has 3 aromatic rings. The molecule has 2 N–H and O–H groups in total. The molecule has 0 spiro atoms. The second kappa shape index (κ2) is 12.2. The van der Waals surface area contributed by atoms with Gasteiger partial charge in [0, 0.05) is 31.1 Å². The molecule has 7 heteroatoms. The highest BCUT2D eigenvalue weighted by Gasteiger charge is 2.09. The Morgan fingerprint density at radius 3 is 2.50 bits per heavy atom. The van der Waals surface area contributed by atoms with Crippen molar-refractivity contribution in [1.29, 1.82) is 0 Å². The fourth-order valence-corrected chi connectivity index (χ4v) is 3.25. The minimum atomic E-state index is -0.453. The second-order valence-electron chi connectivity index (χ2n) is 7.77. The minimum Gasteiger partial charge on any atom is -0.493 e. The number of nitrogens with one attached hydrogen (secondary N) is 2. The first kappa shape index (κ1) is 24.5. The molecule has 7 nitrogen and oxygen atoms in total. The molecule has 0 heterocycles. The van der Waals surface area contributed by atoms with E-state index in [4.69, 9.17) is 9.47 Å². The number of para-hydroxylation sites is 1. The number of esters is 1. The number of ether oxygens (including phenoxy) is 2. The third-order valence-corrected chi connectivity index (χ3v) is 4.93. The lowest BCUT2D eigenvalue weighted by molar-refractivity contribution is -0.131. The summed E-state index contributed by atoms with van der Waals surface area (Å²) in [4.78, 5) is 35.9. The summed E-state index contributed by atoms with van der Waals surface area (Å²) in [6.07, 6.45) is 0.976. The van der Waals surface area contributed by atoms with E-state index in [-0.39, 0.29) is 11.8 Å². The van der Waals surface area contributed by atoms with Gasteiger partial charge in [-0.2, -0.15) is 0 Å². The Morgan fingerprint density at radius 1 is 0.912 bits per heavy atom. The van der Waals surface area contributed by atoms with Crippen molar-refractivity contribution in [3.05, 3.63) is 89.5 Å². The lowest BCUT2D eigenvalue weighted by Crippen LogP contribution is -2.23. The molecule has 176 valence electrons. The molecule has 2 amide bonds. The SMILES string of the molecule is CC(=O)Oc1cccc(C(=O)Nc2cccc(CNC(=O)CCCOc3ccccc3C)c2)c1. The zero-order valence-corrected chi connectivity index (χ0v) is 19.3. The van der Waals surface area contributed by atoms with Crippen molar-refractivity contribution in [1.82, 2.24) is 5.32 Å². The first-order valence-corrected chi connectivity index (χ1v) is 11.0. The molecular weight excluding hydrogens is 432 g/mol. The van der Waals surface area contributed by atoms with Crippen molar-refractivity contribution in [2.75, 3.05) is 11.9 Å². The zero-order chi connectivity index (χ0) is 24.3. The Morgan fingerprint density at radius 2 is 1.71 bits per heavy atom. The lowest BCUT2D eigenvalue weighted by Gasteiger charge is -2.10. The Hall–Kier alpha value is -4.13. The van der Waals surface area contributed by atoms with E-state index in [2.05, 4.69) is 10.6 Å². The van der Waals surface area contributed by atoms with Crippen molar-refractivity contribution in [3.8, 4) is 11.5 Å². The maximum atomic E-state index is 12.6. The molecule has 0 unspecified atom stereocenters. The van der Waals surface area contributed by atoms with Gasteiger partial charge in [-0.1, -0.05) is 36.4 Å². The normalized spacial score (nSPS) is 10.3. The van der Waals surface area contributed by atoms with Gasteiger partial charge in [0.05, 0.1) is 6.61 Å². The topological polar surface area (TPSA) is 93.7 Å². The van der Waals surface area contributed by atoms with Crippen LogP contribution >= 0.6 is 0 Å². The highest BCUT2D eigenvalue weighted by Crippen LogP contribution is 2.18. The van der Waals surface area contributed by atoms with Crippen molar-refractivity contribution >= 4 is 23.5 Å². The van der Waals surface area contributed by atoms with Crippen LogP contribution in [0.15, 0.2) is 72.8 Å². The van der Waals surface area contributed by atoms with E-state index < -0.39 is 5.97 Å². The maximum absolute atomic E-state index is 12.6. The van der Waals surface area contributed by atoms with Gasteiger partial charge in [0.15, 0.2) is 0 Å². The Kier molecular flexibility index (Phi) is 8.80. The highest BCUT2D eigenvalue weighted by atomic mass is 16.5. The molecule has 0 aliphatic carbocycles. The Balaban J connectivity index is 1.45. The van der Waals surface area contributed by atoms with Crippen molar-refractivity contribution in [3.63, 3.8) is 0 Å². The van der Waals surface area contributed by atoms with Crippen LogP contribution in [0.5, 0.6) is 11.5 Å². The number of aryl methyl sites for hydroxylation is 1. The third kappa shape index (κ3) is 7.78. The zero-order valence-electron chi connectivity index (χ0n) is 19.3. The molecule has 0 aliphatic rings. The number of hydrogen-bond acceptors (Lipinski definition) is 5. The van der Waals surface area contributed by atoms with E-state index in [9.17, 15) is 14.4 Å². The van der Waals surface area contributed by atoms with Gasteiger partial charge in [0.25, 0.3) is 5.91 Å². The predicted octanol–water partition coefficient (Wildman–Crippen LogP) is 4.65. The van der Waals surface area contributed by atoms with E-state index in [1.165, 1.54) is 13.0 Å². The van der Waals surface area contributed by atoms with Crippen LogP contribution in [-0.2, 0) is 16.1 Å². The highest BCUT2D eigenvalue weighted by molar-refractivity contribution is 6.04. The van der Waals surface area contributed by atoms with Crippen molar-refractivity contribution in [2.24, 2.45) is 0 Å². The van der Waals surface area contributed by atoms with Crippen LogP contribution in [0.25, 0.3) is 0 Å². The van der Waals surface area contributed by atoms with Crippen LogP contribution in [0.1, 0.15) is 41.3 Å². The van der Waals surface area contributed by atoms with Crippen LogP contribution in [0, 0.1) is 6.92 Å². The molecule has 0 radical (unpaired) electrons. The van der Waals surface area contributed by atoms with Crippen LogP contribution in [-0.4, -0.2) is 24.4 Å². The summed E-state index contributed by atoms with van der Waals surface area (Å²) in [5.74, 6) is 0.292. The lowest BCUT2D eigenvalue weighted by atomic mass is 10.1. The second-order valence-corrected chi connectivity index (χ2v) is 7.77. The number of benzene rings is 3. The van der Waals surface area contributed by atoms with Crippen LogP contribution < -0.4 is 20.1 Å². The van der Waals surface area contributed by atoms with Crippen LogP contribution in [0.2, 0.25) is 0 Å². The molecule has 0 bridgehead atoms. The quantitative estimate of drug-likeness (QED) is 0.261. The van der Waals surface area contributed by atoms with E-state index >= 15 is 0 Å². The molecule has 0 aliphatic heterocycles. The molecule has 0 aromatic heterocycles. The average molecular weight is 461 g/mol. The van der Waals surface area contributed by atoms with Gasteiger partial charge in [0.1, 0.15) is 11.5 Å². The van der Waals surface area contributed by atoms with Crippen LogP contribution in [0.3, 0.4) is 0 Å². The standard InChI is InChI=1S/C27H28N2O5/c1-19-8-3-4-13-25(19)33-15-7-14-26(31)28-18-21-9-5-11-23(16-21)29-27(32)22-10-6-12-24(17-22)34-20(2)30/h3-6,8-13,16-17H,7,14-15,18H2,1-2H3,(H,28,31)(H,29,32). The predicted molar refractivity (Wildman–Crippen MR) is 130 cm³/mol. The summed E-state index contributed by atoms with van der Waals surface area (Å²) in [7, 11) is 0. The Bertz CT molecular complexity index is 1160. The largest absolute Gasteiger partial charge is 0.493 e. The monoisotopic (exact) mass is 460 g/mol. The fraction of sp³-hybridized carbons (Fsp3) is 0.222. The number of carbonyl (C=O) groups is 3. The fourth-order valence-electron chi connectivity index (χ4n) is 3.25. The smallest absolute Gasteiger partial charge is 0.308 e. The summed E-state index contributed by atoms with van der Waals surface area (Å²) < 4.78 is 10.7. The number of carbonyl (C=O) groups excluding carboxylic acids is 3. The van der Waals surface area contributed by atoms with Gasteiger partial charge in [0.2, 0.25) is 5.91 Å². The molecule has 0 atom stereocenters. The summed E-state index contributed by atoms with van der Waals surface area (Å²) in [6.45, 7) is 4.11. The molecule has 0 saturated carbocycles. The molecule has 3 aromatic carbocycles. The van der Waals surface area contributed by atoms with Gasteiger partial charge < -0.3 is 20.1 Å². The number of hydrogen-bond donors (Lipinski definition) is 2. The summed E-state index contributed by atoms with van der Waals surface area (Å²) in [5, 5.41) is 5.71. The first-order valence-electron chi connectivity index (χ1n) is 11.0. The molecule has 3 rings (SSSR count). The third-order valence-electron chi connectivity index (χ3n) is 4.93. The number of amides is 2. The average Bonchev–Trinajstić information content (AvgIpc) is 2.81. The van der Waals surface area contributed by atoms with Gasteiger partial charge in [-0.3, -0.25) is 14.4 Å². The Labute approximate surface area is 199 Å².